The van der Waals surface area contributed by atoms with Crippen molar-refractivity contribution >= 4 is 5.97 Å². The first kappa shape index (κ1) is 14.5. The lowest BCUT2D eigenvalue weighted by Gasteiger charge is -2.20. The van der Waals surface area contributed by atoms with E-state index in [-0.39, 0.29) is 12.0 Å². The Morgan fingerprint density at radius 1 is 1.50 bits per heavy atom. The summed E-state index contributed by atoms with van der Waals surface area (Å²) >= 11 is 0. The molecule has 0 saturated carbocycles. The van der Waals surface area contributed by atoms with Gasteiger partial charge >= 0.3 is 5.97 Å². The fourth-order valence-electron chi connectivity index (χ4n) is 1.99. The highest BCUT2D eigenvalue weighted by Crippen LogP contribution is 2.26. The molecule has 0 fully saturated rings. The molecule has 0 amide bonds. The Bertz CT molecular complexity index is 418. The molecule has 0 aliphatic carbocycles. The third-order valence-corrected chi connectivity index (χ3v) is 3.18. The summed E-state index contributed by atoms with van der Waals surface area (Å²) in [4.78, 5) is 10.9. The van der Waals surface area contributed by atoms with E-state index in [1.54, 1.807) is 14.0 Å². The molecule has 2 unspecified atom stereocenters. The van der Waals surface area contributed by atoms with Gasteiger partial charge in [0.05, 0.1) is 13.0 Å². The van der Waals surface area contributed by atoms with Gasteiger partial charge in [0.25, 0.3) is 0 Å². The smallest absolute Gasteiger partial charge is 0.306 e. The maximum absolute atomic E-state index is 10.9. The predicted molar refractivity (Wildman–Crippen MR) is 70.9 cm³/mol. The monoisotopic (exact) mass is 251 g/mol. The normalized spacial score (nSPS) is 14.0. The molecule has 4 heteroatoms. The van der Waals surface area contributed by atoms with Crippen LogP contribution in [0.15, 0.2) is 18.2 Å². The van der Waals surface area contributed by atoms with E-state index >= 15 is 0 Å². The lowest BCUT2D eigenvalue weighted by Crippen LogP contribution is -2.22. The van der Waals surface area contributed by atoms with E-state index in [0.717, 1.165) is 16.9 Å². The lowest BCUT2D eigenvalue weighted by molar-refractivity contribution is -0.141. The quantitative estimate of drug-likeness (QED) is 0.815. The predicted octanol–water partition coefficient (Wildman–Crippen LogP) is 2.37. The average Bonchev–Trinajstić information content (AvgIpc) is 2.35. The first-order valence-electron chi connectivity index (χ1n) is 6.04. The van der Waals surface area contributed by atoms with Crippen molar-refractivity contribution in [1.82, 2.24) is 5.32 Å². The molecule has 1 rings (SSSR count). The minimum absolute atomic E-state index is 0.0423. The summed E-state index contributed by atoms with van der Waals surface area (Å²) in [7, 11) is 3.49. The fourth-order valence-corrected chi connectivity index (χ4v) is 1.99. The number of nitrogens with one attached hydrogen (secondary N) is 1. The SMILES string of the molecule is CNC(CC(C)C(=O)O)c1ccc(OC)c(C)c1. The van der Waals surface area contributed by atoms with Gasteiger partial charge in [0.2, 0.25) is 0 Å². The minimum atomic E-state index is -0.763. The van der Waals surface area contributed by atoms with E-state index in [1.165, 1.54) is 0 Å². The largest absolute Gasteiger partial charge is 0.496 e. The molecule has 0 saturated heterocycles. The van der Waals surface area contributed by atoms with Crippen molar-refractivity contribution in [2.24, 2.45) is 5.92 Å². The van der Waals surface area contributed by atoms with Crippen molar-refractivity contribution < 1.29 is 14.6 Å². The van der Waals surface area contributed by atoms with Crippen molar-refractivity contribution in [3.05, 3.63) is 29.3 Å². The number of carboxylic acids is 1. The van der Waals surface area contributed by atoms with Crippen molar-refractivity contribution in [1.29, 1.82) is 0 Å². The van der Waals surface area contributed by atoms with Crippen LogP contribution in [0.2, 0.25) is 0 Å². The van der Waals surface area contributed by atoms with Crippen LogP contribution in [0.1, 0.15) is 30.5 Å². The maximum Gasteiger partial charge on any atom is 0.306 e. The van der Waals surface area contributed by atoms with Gasteiger partial charge in [-0.05, 0) is 37.6 Å². The topological polar surface area (TPSA) is 58.6 Å². The molecule has 1 aromatic rings. The highest BCUT2D eigenvalue weighted by molar-refractivity contribution is 5.69. The highest BCUT2D eigenvalue weighted by Gasteiger charge is 2.18. The van der Waals surface area contributed by atoms with E-state index in [1.807, 2.05) is 32.2 Å². The standard InChI is InChI=1S/C14H21NO3/c1-9-7-11(5-6-13(9)18-4)12(15-3)8-10(2)14(16)17/h5-7,10,12,15H,8H2,1-4H3,(H,16,17). The van der Waals surface area contributed by atoms with Crippen molar-refractivity contribution in [3.8, 4) is 5.75 Å². The maximum atomic E-state index is 10.9. The molecule has 0 spiro atoms. The Kier molecular flexibility index (Phi) is 5.16. The van der Waals surface area contributed by atoms with Crippen LogP contribution < -0.4 is 10.1 Å². The Hall–Kier alpha value is -1.55. The van der Waals surface area contributed by atoms with Gasteiger partial charge < -0.3 is 15.2 Å². The third kappa shape index (κ3) is 3.47. The molecule has 0 aromatic heterocycles. The second kappa shape index (κ2) is 6.40. The lowest BCUT2D eigenvalue weighted by atomic mass is 9.95. The van der Waals surface area contributed by atoms with Gasteiger partial charge in [0.15, 0.2) is 0 Å². The van der Waals surface area contributed by atoms with Crippen molar-refractivity contribution in [2.75, 3.05) is 14.2 Å². The van der Waals surface area contributed by atoms with Crippen LogP contribution in [-0.4, -0.2) is 25.2 Å². The van der Waals surface area contributed by atoms with Gasteiger partial charge in [-0.1, -0.05) is 19.1 Å². The second-order valence-corrected chi connectivity index (χ2v) is 4.55. The molecule has 0 heterocycles. The summed E-state index contributed by atoms with van der Waals surface area (Å²) in [6.45, 7) is 3.71. The van der Waals surface area contributed by atoms with Crippen LogP contribution in [0, 0.1) is 12.8 Å². The summed E-state index contributed by atoms with van der Waals surface area (Å²) in [6, 6.07) is 5.97. The molecule has 2 atom stereocenters. The first-order chi connectivity index (χ1) is 8.49. The van der Waals surface area contributed by atoms with E-state index < -0.39 is 5.97 Å². The van der Waals surface area contributed by atoms with Gasteiger partial charge in [-0.3, -0.25) is 4.79 Å². The molecular formula is C14H21NO3. The first-order valence-corrected chi connectivity index (χ1v) is 6.04. The molecule has 0 radical (unpaired) electrons. The zero-order chi connectivity index (χ0) is 13.7. The molecule has 0 bridgehead atoms. The summed E-state index contributed by atoms with van der Waals surface area (Å²) in [5, 5.41) is 12.1. The summed E-state index contributed by atoms with van der Waals surface area (Å²) < 4.78 is 5.22. The van der Waals surface area contributed by atoms with Crippen LogP contribution in [0.25, 0.3) is 0 Å². The van der Waals surface area contributed by atoms with Gasteiger partial charge in [0, 0.05) is 6.04 Å². The number of ether oxygens (including phenoxy) is 1. The number of rotatable bonds is 6. The van der Waals surface area contributed by atoms with Crippen LogP contribution in [-0.2, 0) is 4.79 Å². The number of hydrogen-bond acceptors (Lipinski definition) is 3. The van der Waals surface area contributed by atoms with Crippen molar-refractivity contribution in [2.45, 2.75) is 26.3 Å². The number of benzene rings is 1. The average molecular weight is 251 g/mol. The Balaban J connectivity index is 2.88. The molecule has 2 N–H and O–H groups in total. The summed E-state index contributed by atoms with van der Waals surface area (Å²) in [5.74, 6) is -0.287. The van der Waals surface area contributed by atoms with E-state index in [0.29, 0.717) is 6.42 Å². The molecular weight excluding hydrogens is 230 g/mol. The van der Waals surface area contributed by atoms with Crippen LogP contribution in [0.4, 0.5) is 0 Å². The van der Waals surface area contributed by atoms with E-state index in [9.17, 15) is 4.79 Å². The summed E-state index contributed by atoms with van der Waals surface area (Å²) in [6.07, 6.45) is 0.567. The Morgan fingerprint density at radius 2 is 2.17 bits per heavy atom. The van der Waals surface area contributed by atoms with Gasteiger partial charge in [-0.2, -0.15) is 0 Å². The minimum Gasteiger partial charge on any atom is -0.496 e. The zero-order valence-corrected chi connectivity index (χ0v) is 11.4. The van der Waals surface area contributed by atoms with Gasteiger partial charge in [0.1, 0.15) is 5.75 Å². The highest BCUT2D eigenvalue weighted by atomic mass is 16.5. The molecule has 4 nitrogen and oxygen atoms in total. The number of aryl methyl sites for hydroxylation is 1. The number of aliphatic carboxylic acids is 1. The van der Waals surface area contributed by atoms with Crippen molar-refractivity contribution in [3.63, 3.8) is 0 Å². The van der Waals surface area contributed by atoms with Crippen LogP contribution >= 0.6 is 0 Å². The number of hydrogen-bond donors (Lipinski definition) is 2. The molecule has 0 aliphatic heterocycles. The fraction of sp³-hybridized carbons (Fsp3) is 0.500. The van der Waals surface area contributed by atoms with E-state index in [2.05, 4.69) is 5.32 Å². The number of carboxylic acid groups (broad SMARTS) is 1. The van der Waals surface area contributed by atoms with Gasteiger partial charge in [-0.25, -0.2) is 0 Å². The third-order valence-electron chi connectivity index (χ3n) is 3.18. The summed E-state index contributed by atoms with van der Waals surface area (Å²) in [5.41, 5.74) is 2.14. The molecule has 100 valence electrons. The number of carbonyl (C=O) groups is 1. The second-order valence-electron chi connectivity index (χ2n) is 4.55. The van der Waals surface area contributed by atoms with Crippen LogP contribution in [0.5, 0.6) is 5.75 Å². The molecule has 0 aliphatic rings. The van der Waals surface area contributed by atoms with Gasteiger partial charge in [-0.15, -0.1) is 0 Å². The zero-order valence-electron chi connectivity index (χ0n) is 11.4. The van der Waals surface area contributed by atoms with E-state index in [4.69, 9.17) is 9.84 Å². The van der Waals surface area contributed by atoms with Crippen LogP contribution in [0.3, 0.4) is 0 Å². The molecule has 18 heavy (non-hydrogen) atoms. The Morgan fingerprint density at radius 3 is 2.61 bits per heavy atom. The Labute approximate surface area is 108 Å². The number of methoxy groups -OCH3 is 1. The molecule has 1 aromatic carbocycles.